The van der Waals surface area contributed by atoms with E-state index < -0.39 is 0 Å². The highest BCUT2D eigenvalue weighted by atomic mass is 16.2. The van der Waals surface area contributed by atoms with Crippen molar-refractivity contribution < 1.29 is 4.79 Å². The zero-order chi connectivity index (χ0) is 18.2. The van der Waals surface area contributed by atoms with E-state index in [1.165, 1.54) is 0 Å². The topological polar surface area (TPSA) is 75.9 Å². The fourth-order valence-corrected chi connectivity index (χ4v) is 3.49. The number of aromatic nitrogens is 4. The van der Waals surface area contributed by atoms with Gasteiger partial charge >= 0.3 is 0 Å². The second-order valence-electron chi connectivity index (χ2n) is 6.90. The molecule has 1 atom stereocenters. The Bertz CT molecular complexity index is 670. The average Bonchev–Trinajstić information content (AvgIpc) is 3.07. The molecule has 1 unspecified atom stereocenters. The molecule has 7 nitrogen and oxygen atoms in total. The standard InChI is InChI=1S/C19H28N6O/c1-20-18-15-21-17(14-22-18)13-16-5-2-9-24(12-7-16)19(26)6-3-10-25-11-4-8-23-25/h4,8,11,14-16H,2-3,5-7,9-10,12-13H2,1H3,(H,20,22). The summed E-state index contributed by atoms with van der Waals surface area (Å²) in [4.78, 5) is 23.3. The molecule has 2 aromatic rings. The summed E-state index contributed by atoms with van der Waals surface area (Å²) in [6.45, 7) is 2.53. The van der Waals surface area contributed by atoms with Crippen molar-refractivity contribution >= 4 is 11.7 Å². The highest BCUT2D eigenvalue weighted by molar-refractivity contribution is 5.76. The molecule has 3 rings (SSSR count). The number of hydrogen-bond donors (Lipinski definition) is 1. The van der Waals surface area contributed by atoms with Crippen LogP contribution in [0.2, 0.25) is 0 Å². The molecule has 26 heavy (non-hydrogen) atoms. The SMILES string of the molecule is CNc1cnc(CC2CCCN(C(=O)CCCn3cccn3)CC2)cn1. The first-order valence-corrected chi connectivity index (χ1v) is 9.48. The summed E-state index contributed by atoms with van der Waals surface area (Å²) in [5.74, 6) is 1.64. The first kappa shape index (κ1) is 18.4. The summed E-state index contributed by atoms with van der Waals surface area (Å²) in [5.41, 5.74) is 1.04. The van der Waals surface area contributed by atoms with Crippen LogP contribution in [0.1, 0.15) is 37.8 Å². The lowest BCUT2D eigenvalue weighted by atomic mass is 9.95. The van der Waals surface area contributed by atoms with Crippen molar-refractivity contribution in [3.05, 3.63) is 36.5 Å². The Balaban J connectivity index is 1.42. The lowest BCUT2D eigenvalue weighted by Crippen LogP contribution is -2.32. The van der Waals surface area contributed by atoms with E-state index in [1.807, 2.05) is 35.1 Å². The number of likely N-dealkylation sites (tertiary alicyclic amines) is 1. The molecule has 0 aliphatic carbocycles. The van der Waals surface area contributed by atoms with Gasteiger partial charge in [-0.1, -0.05) is 0 Å². The van der Waals surface area contributed by atoms with Crippen molar-refractivity contribution in [3.8, 4) is 0 Å². The zero-order valence-electron chi connectivity index (χ0n) is 15.5. The fourth-order valence-electron chi connectivity index (χ4n) is 3.49. The predicted octanol–water partition coefficient (Wildman–Crippen LogP) is 2.37. The number of hydrogen-bond acceptors (Lipinski definition) is 5. The Morgan fingerprint density at radius 1 is 1.27 bits per heavy atom. The van der Waals surface area contributed by atoms with E-state index in [9.17, 15) is 4.79 Å². The van der Waals surface area contributed by atoms with Gasteiger partial charge in [0.15, 0.2) is 0 Å². The van der Waals surface area contributed by atoms with Crippen molar-refractivity contribution in [2.45, 2.75) is 45.1 Å². The van der Waals surface area contributed by atoms with Crippen LogP contribution in [-0.2, 0) is 17.8 Å². The number of anilines is 1. The van der Waals surface area contributed by atoms with E-state index in [4.69, 9.17) is 0 Å². The van der Waals surface area contributed by atoms with Crippen LogP contribution in [0.5, 0.6) is 0 Å². The Labute approximate surface area is 154 Å². The van der Waals surface area contributed by atoms with Gasteiger partial charge in [0.2, 0.25) is 5.91 Å². The maximum atomic E-state index is 12.5. The van der Waals surface area contributed by atoms with E-state index >= 15 is 0 Å². The molecule has 0 bridgehead atoms. The summed E-state index contributed by atoms with van der Waals surface area (Å²) in [6.07, 6.45) is 13.0. The second kappa shape index (κ2) is 9.31. The number of aryl methyl sites for hydroxylation is 1. The van der Waals surface area contributed by atoms with Crippen molar-refractivity contribution in [3.63, 3.8) is 0 Å². The van der Waals surface area contributed by atoms with Gasteiger partial charge in [0, 0.05) is 45.5 Å². The van der Waals surface area contributed by atoms with Crippen molar-refractivity contribution in [2.75, 3.05) is 25.5 Å². The molecule has 1 N–H and O–H groups in total. The Morgan fingerprint density at radius 3 is 2.92 bits per heavy atom. The van der Waals surface area contributed by atoms with Crippen LogP contribution in [0.25, 0.3) is 0 Å². The Morgan fingerprint density at radius 2 is 2.19 bits per heavy atom. The number of carbonyl (C=O) groups excluding carboxylic acids is 1. The number of nitrogens with zero attached hydrogens (tertiary/aromatic N) is 5. The molecule has 1 fully saturated rings. The van der Waals surface area contributed by atoms with Gasteiger partial charge in [-0.3, -0.25) is 14.5 Å². The van der Waals surface area contributed by atoms with E-state index in [0.29, 0.717) is 12.3 Å². The minimum absolute atomic E-state index is 0.274. The molecule has 0 aromatic carbocycles. The highest BCUT2D eigenvalue weighted by Crippen LogP contribution is 2.22. The van der Waals surface area contributed by atoms with E-state index in [1.54, 1.807) is 12.4 Å². The first-order valence-electron chi connectivity index (χ1n) is 9.48. The van der Waals surface area contributed by atoms with Crippen LogP contribution < -0.4 is 5.32 Å². The molecule has 3 heterocycles. The molecule has 0 spiro atoms. The van der Waals surface area contributed by atoms with Gasteiger partial charge in [0.25, 0.3) is 0 Å². The molecule has 1 amide bonds. The third-order valence-electron chi connectivity index (χ3n) is 5.00. The van der Waals surface area contributed by atoms with Crippen LogP contribution in [0.3, 0.4) is 0 Å². The smallest absolute Gasteiger partial charge is 0.222 e. The maximum Gasteiger partial charge on any atom is 0.222 e. The third-order valence-corrected chi connectivity index (χ3v) is 5.00. The molecule has 0 radical (unpaired) electrons. The summed E-state index contributed by atoms with van der Waals surface area (Å²) in [5, 5.41) is 7.17. The second-order valence-corrected chi connectivity index (χ2v) is 6.90. The molecule has 1 aliphatic rings. The van der Waals surface area contributed by atoms with Crippen LogP contribution >= 0.6 is 0 Å². The third kappa shape index (κ3) is 5.28. The van der Waals surface area contributed by atoms with Crippen molar-refractivity contribution in [1.82, 2.24) is 24.6 Å². The molecule has 0 saturated carbocycles. The molecule has 1 aliphatic heterocycles. The monoisotopic (exact) mass is 356 g/mol. The maximum absolute atomic E-state index is 12.5. The van der Waals surface area contributed by atoms with Gasteiger partial charge in [-0.2, -0.15) is 5.10 Å². The van der Waals surface area contributed by atoms with Crippen molar-refractivity contribution in [2.24, 2.45) is 5.92 Å². The lowest BCUT2D eigenvalue weighted by Gasteiger charge is -2.20. The van der Waals surface area contributed by atoms with Gasteiger partial charge in [0.05, 0.1) is 18.1 Å². The minimum atomic E-state index is 0.274. The van der Waals surface area contributed by atoms with Gasteiger partial charge in [-0.25, -0.2) is 4.98 Å². The molecule has 7 heteroatoms. The molecular formula is C19H28N6O. The quantitative estimate of drug-likeness (QED) is 0.824. The van der Waals surface area contributed by atoms with Gasteiger partial charge in [-0.05, 0) is 44.1 Å². The van der Waals surface area contributed by atoms with Gasteiger partial charge < -0.3 is 10.2 Å². The largest absolute Gasteiger partial charge is 0.372 e. The summed E-state index contributed by atoms with van der Waals surface area (Å²) in [7, 11) is 1.84. The van der Waals surface area contributed by atoms with Crippen molar-refractivity contribution in [1.29, 1.82) is 0 Å². The first-order chi connectivity index (χ1) is 12.7. The molecular weight excluding hydrogens is 328 g/mol. The van der Waals surface area contributed by atoms with Crippen LogP contribution in [-0.4, -0.2) is 50.7 Å². The zero-order valence-corrected chi connectivity index (χ0v) is 15.5. The summed E-state index contributed by atoms with van der Waals surface area (Å²) in [6, 6.07) is 1.91. The number of amides is 1. The van der Waals surface area contributed by atoms with Crippen LogP contribution in [0, 0.1) is 5.92 Å². The normalized spacial score (nSPS) is 17.7. The molecule has 2 aromatic heterocycles. The average molecular weight is 356 g/mol. The summed E-state index contributed by atoms with van der Waals surface area (Å²) < 4.78 is 1.88. The molecule has 140 valence electrons. The minimum Gasteiger partial charge on any atom is -0.372 e. The highest BCUT2D eigenvalue weighted by Gasteiger charge is 2.21. The number of carbonyl (C=O) groups is 1. The van der Waals surface area contributed by atoms with Crippen LogP contribution in [0.4, 0.5) is 5.82 Å². The predicted molar refractivity (Wildman–Crippen MR) is 101 cm³/mol. The van der Waals surface area contributed by atoms with E-state index in [0.717, 1.165) is 63.3 Å². The van der Waals surface area contributed by atoms with Gasteiger partial charge in [-0.15, -0.1) is 0 Å². The van der Waals surface area contributed by atoms with Crippen LogP contribution in [0.15, 0.2) is 30.9 Å². The number of nitrogens with one attached hydrogen (secondary N) is 1. The van der Waals surface area contributed by atoms with Gasteiger partial charge in [0.1, 0.15) is 5.82 Å². The number of rotatable bonds is 7. The Kier molecular flexibility index (Phi) is 6.57. The van der Waals surface area contributed by atoms with E-state index in [2.05, 4.69) is 20.4 Å². The summed E-state index contributed by atoms with van der Waals surface area (Å²) >= 11 is 0. The Hall–Kier alpha value is -2.44. The fraction of sp³-hybridized carbons (Fsp3) is 0.579. The molecule has 1 saturated heterocycles. The lowest BCUT2D eigenvalue weighted by molar-refractivity contribution is -0.131. The van der Waals surface area contributed by atoms with E-state index in [-0.39, 0.29) is 5.91 Å².